The van der Waals surface area contributed by atoms with E-state index in [1.54, 1.807) is 0 Å². The number of aromatic nitrogens is 1. The summed E-state index contributed by atoms with van der Waals surface area (Å²) in [5, 5.41) is 0. The predicted octanol–water partition coefficient (Wildman–Crippen LogP) is 11.4. The molecule has 3 heterocycles. The predicted molar refractivity (Wildman–Crippen MR) is 210 cm³/mol. The van der Waals surface area contributed by atoms with Gasteiger partial charge in [-0.3, -0.25) is 0 Å². The summed E-state index contributed by atoms with van der Waals surface area (Å²) < 4.78 is 16.5. The zero-order valence-corrected chi connectivity index (χ0v) is 29.5. The zero-order valence-electron chi connectivity index (χ0n) is 29.5. The molecule has 11 rings (SSSR count). The maximum atomic E-state index is 7.05. The van der Waals surface area contributed by atoms with Crippen LogP contribution in [0.15, 0.2) is 150 Å². The topological polar surface area (TPSA) is 23.4 Å². The first kappa shape index (κ1) is 30.4. The summed E-state index contributed by atoms with van der Waals surface area (Å²) in [4.78, 5) is 0. The van der Waals surface area contributed by atoms with Crippen LogP contribution in [0.4, 0.5) is 0 Å². The van der Waals surface area contributed by atoms with Gasteiger partial charge in [-0.15, -0.1) is 0 Å². The van der Waals surface area contributed by atoms with Gasteiger partial charge in [-0.2, -0.15) is 0 Å². The first-order valence-electron chi connectivity index (χ1n) is 19.5. The first-order chi connectivity index (χ1) is 25.8. The van der Waals surface area contributed by atoms with Gasteiger partial charge in [-0.25, -0.2) is 0 Å². The molecule has 3 heteroatoms. The van der Waals surface area contributed by atoms with Crippen molar-refractivity contribution in [2.75, 3.05) is 0 Å². The van der Waals surface area contributed by atoms with Crippen molar-refractivity contribution >= 4 is 12.2 Å². The Morgan fingerprint density at radius 1 is 0.769 bits per heavy atom. The number of nitrogens with zero attached hydrogens (tertiary/aromatic N) is 1. The van der Waals surface area contributed by atoms with Gasteiger partial charge in [-0.1, -0.05) is 97.1 Å². The summed E-state index contributed by atoms with van der Waals surface area (Å²) in [6, 6.07) is 28.7. The molecule has 1 saturated heterocycles. The Morgan fingerprint density at radius 3 is 2.52 bits per heavy atom. The molecule has 0 radical (unpaired) electrons. The van der Waals surface area contributed by atoms with Crippen molar-refractivity contribution in [3.63, 3.8) is 0 Å². The van der Waals surface area contributed by atoms with Crippen LogP contribution in [0.2, 0.25) is 0 Å². The van der Waals surface area contributed by atoms with Crippen LogP contribution in [-0.4, -0.2) is 10.7 Å². The molecule has 3 nitrogen and oxygen atoms in total. The first-order valence-corrected chi connectivity index (χ1v) is 19.5. The van der Waals surface area contributed by atoms with Crippen LogP contribution in [-0.2, 0) is 23.0 Å². The van der Waals surface area contributed by atoms with E-state index >= 15 is 0 Å². The molecule has 5 unspecified atom stereocenters. The third-order valence-corrected chi connectivity index (χ3v) is 13.0. The number of ether oxygens (including phenoxy) is 2. The normalized spacial score (nSPS) is 27.6. The smallest absolute Gasteiger partial charge is 0.132 e. The van der Waals surface area contributed by atoms with Crippen molar-refractivity contribution in [1.29, 1.82) is 0 Å². The molecule has 7 aliphatic rings. The largest absolute Gasteiger partial charge is 0.490 e. The van der Waals surface area contributed by atoms with Crippen molar-refractivity contribution < 1.29 is 9.47 Å². The van der Waals surface area contributed by atoms with Gasteiger partial charge in [0.1, 0.15) is 17.6 Å². The van der Waals surface area contributed by atoms with E-state index in [4.69, 9.17) is 9.47 Å². The van der Waals surface area contributed by atoms with Crippen LogP contribution >= 0.6 is 0 Å². The molecular formula is C49H43NO2. The van der Waals surface area contributed by atoms with Crippen LogP contribution in [0.1, 0.15) is 66.6 Å². The molecule has 1 fully saturated rings. The Bertz CT molecular complexity index is 2330. The van der Waals surface area contributed by atoms with E-state index in [9.17, 15) is 0 Å². The summed E-state index contributed by atoms with van der Waals surface area (Å²) in [7, 11) is 0. The Balaban J connectivity index is 1.06. The van der Waals surface area contributed by atoms with Crippen LogP contribution in [0.25, 0.3) is 29.0 Å². The summed E-state index contributed by atoms with van der Waals surface area (Å²) >= 11 is 0. The highest BCUT2D eigenvalue weighted by atomic mass is 16.5. The van der Waals surface area contributed by atoms with Gasteiger partial charge in [0.05, 0.1) is 5.76 Å². The molecule has 0 N–H and O–H groups in total. The maximum absolute atomic E-state index is 7.05. The Morgan fingerprint density at radius 2 is 1.62 bits per heavy atom. The lowest BCUT2D eigenvalue weighted by molar-refractivity contribution is -0.0171. The van der Waals surface area contributed by atoms with Crippen LogP contribution in [0.5, 0.6) is 5.75 Å². The van der Waals surface area contributed by atoms with Gasteiger partial charge >= 0.3 is 0 Å². The number of fused-ring (bicyclic) bond motifs is 10. The number of allylic oxidation sites excluding steroid dienone is 9. The molecule has 5 atom stereocenters. The third-order valence-electron chi connectivity index (χ3n) is 13.0. The highest BCUT2D eigenvalue weighted by molar-refractivity contribution is 5.73. The molecule has 1 spiro atoms. The second kappa shape index (κ2) is 11.9. The fourth-order valence-electron chi connectivity index (χ4n) is 10.8. The average Bonchev–Trinajstić information content (AvgIpc) is 3.55. The van der Waals surface area contributed by atoms with E-state index in [2.05, 4.69) is 144 Å². The summed E-state index contributed by atoms with van der Waals surface area (Å²) in [5.74, 6) is 3.99. The highest BCUT2D eigenvalue weighted by Gasteiger charge is 2.60. The molecule has 0 saturated carbocycles. The maximum Gasteiger partial charge on any atom is 0.132 e. The lowest BCUT2D eigenvalue weighted by Gasteiger charge is -2.57. The Hall–Kier alpha value is -5.28. The number of rotatable bonds is 3. The average molecular weight is 678 g/mol. The fraction of sp³-hybridized carbons (Fsp3) is 0.265. The summed E-state index contributed by atoms with van der Waals surface area (Å²) in [6.45, 7) is 0. The number of hydrogen-bond donors (Lipinski definition) is 0. The lowest BCUT2D eigenvalue weighted by Crippen LogP contribution is -2.56. The Kier molecular flexibility index (Phi) is 6.94. The minimum absolute atomic E-state index is 0.0262. The number of para-hydroxylation sites is 1. The SMILES string of the molecule is C1=CC2=C(CC1)C1(c3ccc(-c4ccccc4)cc3O2)C2CCCC=C2OC2C=CC(C3C=Cc4c(c5c(n4-c4ccccc4)CCC=C5)C3)=CC21. The van der Waals surface area contributed by atoms with Gasteiger partial charge in [0.15, 0.2) is 0 Å². The molecule has 0 amide bonds. The second-order valence-corrected chi connectivity index (χ2v) is 15.6. The zero-order chi connectivity index (χ0) is 34.2. The number of hydrogen-bond acceptors (Lipinski definition) is 2. The number of benzene rings is 3. The fourth-order valence-corrected chi connectivity index (χ4v) is 10.8. The van der Waals surface area contributed by atoms with Gasteiger partial charge < -0.3 is 14.0 Å². The van der Waals surface area contributed by atoms with E-state index in [0.717, 1.165) is 56.5 Å². The van der Waals surface area contributed by atoms with E-state index in [1.165, 1.54) is 68.2 Å². The molecule has 4 aromatic rings. The van der Waals surface area contributed by atoms with Gasteiger partial charge in [0.2, 0.25) is 0 Å². The molecular weight excluding hydrogens is 635 g/mol. The summed E-state index contributed by atoms with van der Waals surface area (Å²) in [6.07, 6.45) is 32.7. The summed E-state index contributed by atoms with van der Waals surface area (Å²) in [5.41, 5.74) is 13.4. The van der Waals surface area contributed by atoms with E-state index in [1.807, 2.05) is 0 Å². The van der Waals surface area contributed by atoms with Crippen molar-refractivity contribution in [3.8, 4) is 22.6 Å². The molecule has 5 aliphatic carbocycles. The minimum atomic E-state index is -0.240. The quantitative estimate of drug-likeness (QED) is 0.215. The molecule has 0 bridgehead atoms. The van der Waals surface area contributed by atoms with Gasteiger partial charge in [-0.05, 0) is 127 Å². The second-order valence-electron chi connectivity index (χ2n) is 15.6. The van der Waals surface area contributed by atoms with Gasteiger partial charge in [0.25, 0.3) is 0 Å². The highest BCUT2D eigenvalue weighted by Crippen LogP contribution is 2.63. The molecule has 2 aliphatic heterocycles. The van der Waals surface area contributed by atoms with E-state index < -0.39 is 0 Å². The van der Waals surface area contributed by atoms with Crippen molar-refractivity contribution in [1.82, 2.24) is 4.57 Å². The molecule has 52 heavy (non-hydrogen) atoms. The van der Waals surface area contributed by atoms with Crippen molar-refractivity contribution in [3.05, 3.63) is 178 Å². The van der Waals surface area contributed by atoms with E-state index in [-0.39, 0.29) is 23.4 Å². The van der Waals surface area contributed by atoms with Crippen molar-refractivity contribution in [2.24, 2.45) is 17.8 Å². The lowest BCUT2D eigenvalue weighted by atomic mass is 9.50. The Labute approximate surface area is 306 Å². The van der Waals surface area contributed by atoms with E-state index in [0.29, 0.717) is 5.92 Å². The molecule has 3 aromatic carbocycles. The third kappa shape index (κ3) is 4.44. The van der Waals surface area contributed by atoms with Crippen LogP contribution < -0.4 is 4.74 Å². The molecule has 1 aromatic heterocycles. The standard InChI is InChI=1S/C49H43NO2/c1-3-13-32(14-4-1)35-23-26-41-48(31-35)52-46-22-12-9-19-40(46)49(41)39-18-8-11-21-45(39)51-47-28-25-34(30-42(47)49)33-24-27-44-38(29-33)37-17-7-10-20-43(37)50(44)36-15-5-2-6-16-36/h1-7,12-17,21-28,30-31,33,39,42,47H,8-11,18-20,29H2. The van der Waals surface area contributed by atoms with Crippen molar-refractivity contribution in [2.45, 2.75) is 62.9 Å². The molecule has 256 valence electrons. The van der Waals surface area contributed by atoms with Crippen LogP contribution in [0.3, 0.4) is 0 Å². The van der Waals surface area contributed by atoms with Gasteiger partial charge in [0, 0.05) is 45.8 Å². The monoisotopic (exact) mass is 677 g/mol. The van der Waals surface area contributed by atoms with Crippen LogP contribution in [0, 0.1) is 17.8 Å². The minimum Gasteiger partial charge on any atom is -0.490 e.